The van der Waals surface area contributed by atoms with Crippen LogP contribution in [0, 0.1) is 6.92 Å². The van der Waals surface area contributed by atoms with Crippen LogP contribution in [-0.4, -0.2) is 9.97 Å². The molecule has 0 spiro atoms. The minimum Gasteiger partial charge on any atom is -0.353 e. The van der Waals surface area contributed by atoms with Gasteiger partial charge in [-0.1, -0.05) is 0 Å². The molecule has 2 heterocycles. The normalized spacial score (nSPS) is 12.7. The lowest BCUT2D eigenvalue weighted by molar-refractivity contribution is 0.843. The second-order valence-corrected chi connectivity index (χ2v) is 4.95. The average Bonchev–Trinajstić information content (AvgIpc) is 2.75. The number of nitrogens with one attached hydrogen (secondary N) is 1. The lowest BCUT2D eigenvalue weighted by Gasteiger charge is -2.09. The summed E-state index contributed by atoms with van der Waals surface area (Å²) in [5, 5.41) is 9.40. The third kappa shape index (κ3) is 2.10. The summed E-state index contributed by atoms with van der Waals surface area (Å²) in [6.45, 7) is 4.11. The molecule has 2 aromatic rings. The molecule has 0 aliphatic carbocycles. The fraction of sp³-hybridized carbons (Fsp3) is 0.333. The van der Waals surface area contributed by atoms with Crippen LogP contribution in [0.1, 0.15) is 23.7 Å². The van der Waals surface area contributed by atoms with Crippen molar-refractivity contribution in [2.24, 2.45) is 0 Å². The van der Waals surface area contributed by atoms with Crippen molar-refractivity contribution in [1.29, 1.82) is 0 Å². The predicted octanol–water partition coefficient (Wildman–Crippen LogP) is 3.08. The van der Waals surface area contributed by atoms with Crippen LogP contribution in [0.25, 0.3) is 0 Å². The summed E-state index contributed by atoms with van der Waals surface area (Å²) >= 11 is 3.28. The van der Waals surface area contributed by atoms with Gasteiger partial charge in [0.2, 0.25) is 0 Å². The molecule has 0 aliphatic rings. The van der Waals surface area contributed by atoms with Gasteiger partial charge in [0.15, 0.2) is 5.13 Å². The molecule has 0 saturated carbocycles. The van der Waals surface area contributed by atoms with Gasteiger partial charge in [-0.3, -0.25) is 0 Å². The smallest absolute Gasteiger partial charge is 0.183 e. The first kappa shape index (κ1) is 9.61. The van der Waals surface area contributed by atoms with E-state index in [1.807, 2.05) is 12.3 Å². The number of hydrogen-bond donors (Lipinski definition) is 1. The van der Waals surface area contributed by atoms with Crippen LogP contribution in [0.4, 0.5) is 5.13 Å². The van der Waals surface area contributed by atoms with Crippen LogP contribution in [-0.2, 0) is 0 Å². The standard InChI is InChI=1S/C9H11N3S2/c1-6(8-5-14-7(2)12-8)11-9-10-3-4-13-9/h3-6H,1-2H3,(H,10,11). The number of rotatable bonds is 3. The molecule has 0 bridgehead atoms. The Hall–Kier alpha value is -0.940. The van der Waals surface area contributed by atoms with E-state index < -0.39 is 0 Å². The Morgan fingerprint density at radius 3 is 2.86 bits per heavy atom. The average molecular weight is 225 g/mol. The van der Waals surface area contributed by atoms with Crippen LogP contribution in [0.5, 0.6) is 0 Å². The maximum atomic E-state index is 4.42. The van der Waals surface area contributed by atoms with Crippen LogP contribution in [0.15, 0.2) is 17.0 Å². The van der Waals surface area contributed by atoms with Crippen molar-refractivity contribution in [3.05, 3.63) is 27.7 Å². The molecule has 0 fully saturated rings. The van der Waals surface area contributed by atoms with E-state index in [-0.39, 0.29) is 6.04 Å². The molecule has 3 nitrogen and oxygen atoms in total. The van der Waals surface area contributed by atoms with Gasteiger partial charge in [-0.15, -0.1) is 22.7 Å². The fourth-order valence-electron chi connectivity index (χ4n) is 1.13. The Morgan fingerprint density at radius 1 is 1.43 bits per heavy atom. The topological polar surface area (TPSA) is 37.8 Å². The zero-order valence-corrected chi connectivity index (χ0v) is 9.65. The second-order valence-electron chi connectivity index (χ2n) is 2.99. The fourth-order valence-corrected chi connectivity index (χ4v) is 2.46. The van der Waals surface area contributed by atoms with E-state index >= 15 is 0 Å². The molecule has 2 aromatic heterocycles. The van der Waals surface area contributed by atoms with Crippen molar-refractivity contribution in [2.45, 2.75) is 19.9 Å². The third-order valence-electron chi connectivity index (χ3n) is 1.85. The van der Waals surface area contributed by atoms with E-state index in [0.717, 1.165) is 15.8 Å². The highest BCUT2D eigenvalue weighted by Gasteiger charge is 2.09. The quantitative estimate of drug-likeness (QED) is 0.872. The molecule has 2 rings (SSSR count). The molecule has 14 heavy (non-hydrogen) atoms. The Balaban J connectivity index is 2.06. The molecule has 1 N–H and O–H groups in total. The Labute approximate surface area is 90.9 Å². The Kier molecular flexibility index (Phi) is 2.79. The first-order valence-corrected chi connectivity index (χ1v) is 6.09. The molecular weight excluding hydrogens is 214 g/mol. The number of hydrogen-bond acceptors (Lipinski definition) is 5. The van der Waals surface area contributed by atoms with E-state index in [0.29, 0.717) is 0 Å². The largest absolute Gasteiger partial charge is 0.353 e. The SMILES string of the molecule is Cc1nc(C(C)Nc2nccs2)cs1. The van der Waals surface area contributed by atoms with Crippen molar-refractivity contribution in [1.82, 2.24) is 9.97 Å². The zero-order valence-electron chi connectivity index (χ0n) is 8.02. The molecule has 0 aromatic carbocycles. The van der Waals surface area contributed by atoms with Crippen molar-refractivity contribution < 1.29 is 0 Å². The van der Waals surface area contributed by atoms with E-state index in [4.69, 9.17) is 0 Å². The third-order valence-corrected chi connectivity index (χ3v) is 3.35. The van der Waals surface area contributed by atoms with Crippen LogP contribution < -0.4 is 5.32 Å². The highest BCUT2D eigenvalue weighted by molar-refractivity contribution is 7.13. The molecular formula is C9H11N3S2. The van der Waals surface area contributed by atoms with Gasteiger partial charge in [0.25, 0.3) is 0 Å². The first-order chi connectivity index (χ1) is 6.75. The van der Waals surface area contributed by atoms with Gasteiger partial charge in [-0.2, -0.15) is 0 Å². The molecule has 0 radical (unpaired) electrons. The maximum Gasteiger partial charge on any atom is 0.183 e. The zero-order chi connectivity index (χ0) is 9.97. The second kappa shape index (κ2) is 4.06. The molecule has 74 valence electrons. The number of aryl methyl sites for hydroxylation is 1. The monoisotopic (exact) mass is 225 g/mol. The maximum absolute atomic E-state index is 4.42. The molecule has 5 heteroatoms. The molecule has 0 saturated heterocycles. The van der Waals surface area contributed by atoms with E-state index in [1.165, 1.54) is 0 Å². The van der Waals surface area contributed by atoms with Gasteiger partial charge < -0.3 is 5.32 Å². The van der Waals surface area contributed by atoms with Gasteiger partial charge in [-0.05, 0) is 13.8 Å². The van der Waals surface area contributed by atoms with Gasteiger partial charge in [-0.25, -0.2) is 9.97 Å². The molecule has 0 amide bonds. The van der Waals surface area contributed by atoms with Crippen LogP contribution in [0.3, 0.4) is 0 Å². The minimum absolute atomic E-state index is 0.228. The van der Waals surface area contributed by atoms with Gasteiger partial charge in [0.05, 0.1) is 16.7 Å². The predicted molar refractivity (Wildman–Crippen MR) is 61.0 cm³/mol. The number of aromatic nitrogens is 2. The van der Waals surface area contributed by atoms with Crippen molar-refractivity contribution >= 4 is 27.8 Å². The van der Waals surface area contributed by atoms with Gasteiger partial charge >= 0.3 is 0 Å². The van der Waals surface area contributed by atoms with Crippen molar-refractivity contribution in [3.8, 4) is 0 Å². The first-order valence-electron chi connectivity index (χ1n) is 4.34. The van der Waals surface area contributed by atoms with E-state index in [1.54, 1.807) is 28.9 Å². The summed E-state index contributed by atoms with van der Waals surface area (Å²) in [5.41, 5.74) is 1.09. The van der Waals surface area contributed by atoms with E-state index in [9.17, 15) is 0 Å². The van der Waals surface area contributed by atoms with Gasteiger partial charge in [0, 0.05) is 17.0 Å². The Bertz CT molecular complexity index is 394. The summed E-state index contributed by atoms with van der Waals surface area (Å²) in [6.07, 6.45) is 1.80. The highest BCUT2D eigenvalue weighted by atomic mass is 32.1. The van der Waals surface area contributed by atoms with Crippen molar-refractivity contribution in [3.63, 3.8) is 0 Å². The summed E-state index contributed by atoms with van der Waals surface area (Å²) in [6, 6.07) is 0.228. The summed E-state index contributed by atoms with van der Waals surface area (Å²) in [4.78, 5) is 8.60. The lowest BCUT2D eigenvalue weighted by atomic mass is 10.3. The molecule has 0 aliphatic heterocycles. The number of anilines is 1. The Morgan fingerprint density at radius 2 is 2.29 bits per heavy atom. The summed E-state index contributed by atoms with van der Waals surface area (Å²) in [7, 11) is 0. The number of thiazole rings is 2. The molecule has 1 atom stereocenters. The number of nitrogens with zero attached hydrogens (tertiary/aromatic N) is 2. The van der Waals surface area contributed by atoms with Crippen LogP contribution >= 0.6 is 22.7 Å². The van der Waals surface area contributed by atoms with Crippen molar-refractivity contribution in [2.75, 3.05) is 5.32 Å². The van der Waals surface area contributed by atoms with E-state index in [2.05, 4.69) is 27.6 Å². The lowest BCUT2D eigenvalue weighted by Crippen LogP contribution is -2.06. The minimum atomic E-state index is 0.228. The molecule has 1 unspecified atom stereocenters. The highest BCUT2D eigenvalue weighted by Crippen LogP contribution is 2.21. The van der Waals surface area contributed by atoms with Crippen LogP contribution in [0.2, 0.25) is 0 Å². The summed E-state index contributed by atoms with van der Waals surface area (Å²) in [5.74, 6) is 0. The summed E-state index contributed by atoms with van der Waals surface area (Å²) < 4.78 is 0. The van der Waals surface area contributed by atoms with Gasteiger partial charge in [0.1, 0.15) is 0 Å².